The molecule has 0 amide bonds. The predicted octanol–water partition coefficient (Wildman–Crippen LogP) is 1.56. The molecule has 0 atom stereocenters. The van der Waals surface area contributed by atoms with Gasteiger partial charge in [0.15, 0.2) is 0 Å². The summed E-state index contributed by atoms with van der Waals surface area (Å²) in [4.78, 5) is 20.6. The minimum absolute atomic E-state index is 0.162. The molecule has 3 aromatic rings. The molecule has 0 bridgehead atoms. The normalized spacial score (nSPS) is 13.7. The van der Waals surface area contributed by atoms with E-state index in [1.807, 2.05) is 0 Å². The lowest BCUT2D eigenvalue weighted by Gasteiger charge is -2.13. The van der Waals surface area contributed by atoms with E-state index in [1.165, 1.54) is 17.8 Å². The molecular formula is C16H17FN8O. The molecule has 2 heterocycles. The van der Waals surface area contributed by atoms with Crippen LogP contribution in [0.3, 0.4) is 0 Å². The Morgan fingerprint density at radius 3 is 2.73 bits per heavy atom. The summed E-state index contributed by atoms with van der Waals surface area (Å²) in [5, 5.41) is 13.4. The van der Waals surface area contributed by atoms with Crippen molar-refractivity contribution >= 4 is 17.5 Å². The van der Waals surface area contributed by atoms with Gasteiger partial charge in [-0.05, 0) is 52.9 Å². The van der Waals surface area contributed by atoms with E-state index in [0.717, 1.165) is 23.1 Å². The Morgan fingerprint density at radius 2 is 2.08 bits per heavy atom. The highest BCUT2D eigenvalue weighted by atomic mass is 19.1. The predicted molar refractivity (Wildman–Crippen MR) is 93.4 cm³/mol. The minimum Gasteiger partial charge on any atom is -0.373 e. The molecular weight excluding hydrogens is 339 g/mol. The van der Waals surface area contributed by atoms with E-state index >= 15 is 0 Å². The first-order chi connectivity index (χ1) is 12.6. The van der Waals surface area contributed by atoms with Crippen LogP contribution in [0.4, 0.5) is 21.8 Å². The molecule has 134 valence electrons. The van der Waals surface area contributed by atoms with Crippen molar-refractivity contribution in [3.8, 4) is 5.69 Å². The minimum atomic E-state index is -0.439. The number of rotatable bonds is 5. The molecule has 1 saturated carbocycles. The van der Waals surface area contributed by atoms with E-state index < -0.39 is 11.5 Å². The molecule has 10 heteroatoms. The Labute approximate surface area is 147 Å². The van der Waals surface area contributed by atoms with Gasteiger partial charge in [-0.15, -0.1) is 0 Å². The second kappa shape index (κ2) is 6.21. The van der Waals surface area contributed by atoms with E-state index in [-0.39, 0.29) is 17.6 Å². The fourth-order valence-corrected chi connectivity index (χ4v) is 2.72. The number of halogens is 1. The van der Waals surface area contributed by atoms with Crippen molar-refractivity contribution in [3.63, 3.8) is 0 Å². The number of nitrogens with one attached hydrogen (secondary N) is 2. The van der Waals surface area contributed by atoms with E-state index in [9.17, 15) is 9.18 Å². The molecule has 0 aliphatic heterocycles. The van der Waals surface area contributed by atoms with E-state index in [4.69, 9.17) is 0 Å². The van der Waals surface area contributed by atoms with Gasteiger partial charge in [0.2, 0.25) is 5.95 Å². The van der Waals surface area contributed by atoms with E-state index in [0.29, 0.717) is 11.5 Å². The van der Waals surface area contributed by atoms with Gasteiger partial charge in [0.1, 0.15) is 11.6 Å². The first kappa shape index (κ1) is 16.2. The number of aryl methyl sites for hydroxylation is 1. The molecule has 26 heavy (non-hydrogen) atoms. The maximum absolute atomic E-state index is 14.6. The Hall–Kier alpha value is -3.30. The largest absolute Gasteiger partial charge is 0.373 e. The molecule has 2 N–H and O–H groups in total. The summed E-state index contributed by atoms with van der Waals surface area (Å²) in [6.45, 7) is 0. The van der Waals surface area contributed by atoms with E-state index in [2.05, 4.69) is 31.0 Å². The zero-order valence-corrected chi connectivity index (χ0v) is 14.3. The lowest BCUT2D eigenvalue weighted by Crippen LogP contribution is -2.23. The van der Waals surface area contributed by atoms with Crippen molar-refractivity contribution in [1.82, 2.24) is 29.8 Å². The van der Waals surface area contributed by atoms with Crippen molar-refractivity contribution in [2.75, 3.05) is 17.7 Å². The molecule has 0 unspecified atom stereocenters. The summed E-state index contributed by atoms with van der Waals surface area (Å²) >= 11 is 0. The lowest BCUT2D eigenvalue weighted by atomic mass is 10.1. The fourth-order valence-electron chi connectivity index (χ4n) is 2.72. The highest BCUT2D eigenvalue weighted by Crippen LogP contribution is 2.43. The van der Waals surface area contributed by atoms with Crippen LogP contribution >= 0.6 is 0 Å². The molecule has 1 fully saturated rings. The van der Waals surface area contributed by atoms with Gasteiger partial charge in [0.05, 0.1) is 11.4 Å². The third kappa shape index (κ3) is 2.89. The first-order valence-corrected chi connectivity index (χ1v) is 8.17. The average molecular weight is 356 g/mol. The number of nitrogens with zero attached hydrogens (tertiary/aromatic N) is 6. The molecule has 2 aromatic heterocycles. The third-order valence-electron chi connectivity index (χ3n) is 4.24. The van der Waals surface area contributed by atoms with Gasteiger partial charge in [-0.25, -0.2) is 14.2 Å². The third-order valence-corrected chi connectivity index (χ3v) is 4.24. The highest BCUT2D eigenvalue weighted by Gasteiger charge is 2.29. The second-order valence-electron chi connectivity index (χ2n) is 6.10. The van der Waals surface area contributed by atoms with Gasteiger partial charge in [0.25, 0.3) is 0 Å². The first-order valence-electron chi connectivity index (χ1n) is 8.17. The summed E-state index contributed by atoms with van der Waals surface area (Å²) < 4.78 is 17.0. The second-order valence-corrected chi connectivity index (χ2v) is 6.10. The smallest absolute Gasteiger partial charge is 0.368 e. The average Bonchev–Trinajstić information content (AvgIpc) is 3.43. The van der Waals surface area contributed by atoms with Crippen LogP contribution in [0.25, 0.3) is 5.69 Å². The molecule has 0 radical (unpaired) electrons. The van der Waals surface area contributed by atoms with Gasteiger partial charge >= 0.3 is 5.69 Å². The van der Waals surface area contributed by atoms with Crippen molar-refractivity contribution in [3.05, 3.63) is 46.3 Å². The lowest BCUT2D eigenvalue weighted by molar-refractivity contribution is 0.627. The zero-order valence-electron chi connectivity index (χ0n) is 14.3. The summed E-state index contributed by atoms with van der Waals surface area (Å²) in [5.41, 5.74) is 1.04. The van der Waals surface area contributed by atoms with Gasteiger partial charge in [-0.2, -0.15) is 14.3 Å². The highest BCUT2D eigenvalue weighted by molar-refractivity contribution is 5.62. The zero-order chi connectivity index (χ0) is 18.3. The topological polar surface area (TPSA) is 103 Å². The van der Waals surface area contributed by atoms with Crippen LogP contribution in [0.1, 0.15) is 24.3 Å². The van der Waals surface area contributed by atoms with Crippen LogP contribution in [-0.4, -0.2) is 36.8 Å². The maximum atomic E-state index is 14.6. The molecule has 1 aromatic carbocycles. The van der Waals surface area contributed by atoms with Crippen LogP contribution < -0.4 is 16.3 Å². The standard InChI is InChI=1S/C16H17FN8O/c1-18-14-5-6-19-15(21-14)20-12-8-13(25-16(26)24(2)22-23-25)10(7-11(12)17)9-3-4-9/h5-9H,3-4H2,1-2H3,(H2,18,19,20,21). The van der Waals surface area contributed by atoms with Crippen LogP contribution in [0.15, 0.2) is 29.2 Å². The number of hydrogen-bond acceptors (Lipinski definition) is 7. The van der Waals surface area contributed by atoms with E-state index in [1.54, 1.807) is 25.4 Å². The van der Waals surface area contributed by atoms with Crippen molar-refractivity contribution in [2.24, 2.45) is 7.05 Å². The Balaban J connectivity index is 1.79. The Bertz CT molecular complexity index is 1020. The van der Waals surface area contributed by atoms with Gasteiger partial charge in [-0.3, -0.25) is 0 Å². The van der Waals surface area contributed by atoms with Crippen LogP contribution in [0, 0.1) is 5.82 Å². The number of anilines is 3. The molecule has 0 spiro atoms. The molecule has 1 aliphatic carbocycles. The monoisotopic (exact) mass is 356 g/mol. The summed E-state index contributed by atoms with van der Waals surface area (Å²) in [6.07, 6.45) is 3.48. The number of aromatic nitrogens is 6. The Kier molecular flexibility index (Phi) is 3.86. The SMILES string of the molecule is CNc1ccnc(Nc2cc(-n3nnn(C)c3=O)c(C3CC3)cc2F)n1. The van der Waals surface area contributed by atoms with Crippen molar-refractivity contribution in [1.29, 1.82) is 0 Å². The Morgan fingerprint density at radius 1 is 1.27 bits per heavy atom. The molecule has 0 saturated heterocycles. The summed E-state index contributed by atoms with van der Waals surface area (Å²) in [6, 6.07) is 4.69. The van der Waals surface area contributed by atoms with Crippen LogP contribution in [-0.2, 0) is 7.05 Å². The number of tetrazole rings is 1. The fraction of sp³-hybridized carbons (Fsp3) is 0.312. The number of benzene rings is 1. The van der Waals surface area contributed by atoms with Crippen LogP contribution in [0.5, 0.6) is 0 Å². The van der Waals surface area contributed by atoms with Gasteiger partial charge in [-0.1, -0.05) is 0 Å². The molecule has 1 aliphatic rings. The van der Waals surface area contributed by atoms with Gasteiger partial charge in [0, 0.05) is 20.3 Å². The van der Waals surface area contributed by atoms with Crippen molar-refractivity contribution in [2.45, 2.75) is 18.8 Å². The maximum Gasteiger partial charge on any atom is 0.368 e. The van der Waals surface area contributed by atoms with Crippen LogP contribution in [0.2, 0.25) is 0 Å². The summed E-state index contributed by atoms with van der Waals surface area (Å²) in [7, 11) is 3.25. The van der Waals surface area contributed by atoms with Gasteiger partial charge < -0.3 is 10.6 Å². The summed E-state index contributed by atoms with van der Waals surface area (Å²) in [5.74, 6) is 0.632. The number of hydrogen-bond donors (Lipinski definition) is 2. The molecule has 9 nitrogen and oxygen atoms in total. The quantitative estimate of drug-likeness (QED) is 0.715. The molecule has 4 rings (SSSR count). The van der Waals surface area contributed by atoms with Crippen molar-refractivity contribution < 1.29 is 4.39 Å².